The Bertz CT molecular complexity index is 904. The zero-order valence-corrected chi connectivity index (χ0v) is 26.3. The van der Waals surface area contributed by atoms with E-state index in [0.29, 0.717) is 19.4 Å². The van der Waals surface area contributed by atoms with Gasteiger partial charge in [0, 0.05) is 18.9 Å². The van der Waals surface area contributed by atoms with E-state index in [1.54, 1.807) is 20.8 Å². The van der Waals surface area contributed by atoms with E-state index in [9.17, 15) is 19.5 Å². The van der Waals surface area contributed by atoms with Gasteiger partial charge in [0.2, 0.25) is 11.8 Å². The molecule has 42 heavy (non-hydrogen) atoms. The molecule has 228 valence electrons. The van der Waals surface area contributed by atoms with Crippen molar-refractivity contribution in [3.05, 3.63) is 99.6 Å². The van der Waals surface area contributed by atoms with Gasteiger partial charge in [-0.15, -0.1) is 0 Å². The van der Waals surface area contributed by atoms with Crippen molar-refractivity contribution in [2.75, 3.05) is 6.54 Å². The number of aliphatic hydroxyl groups is 1. The summed E-state index contributed by atoms with van der Waals surface area (Å²) in [5.74, 6) is 0.337. The molecule has 2 fully saturated rings. The minimum atomic E-state index is -1.15. The van der Waals surface area contributed by atoms with Crippen LogP contribution in [0.2, 0.25) is 0 Å². The van der Waals surface area contributed by atoms with Gasteiger partial charge in [0.05, 0.1) is 18.6 Å². The predicted molar refractivity (Wildman–Crippen MR) is 160 cm³/mol. The topological polar surface area (TPSA) is 117 Å². The third-order valence-corrected chi connectivity index (χ3v) is 5.97. The van der Waals surface area contributed by atoms with E-state index in [1.165, 1.54) is 0 Å². The van der Waals surface area contributed by atoms with E-state index in [1.807, 2.05) is 102 Å². The van der Waals surface area contributed by atoms with Gasteiger partial charge in [-0.3, -0.25) is 9.59 Å². The molecule has 3 rings (SSSR count). The number of rotatable bonds is 12. The minimum absolute atomic E-state index is 0. The molecule has 0 unspecified atom stereocenters. The molecule has 4 N–H and O–H groups in total. The molecule has 2 saturated carbocycles. The SMILES string of the molecule is CC(C)C[C@H](NC(=O)OC(C)(C)C)[C@@H](O)CC(=O)N[C@@H](Cc1ccccc1)C(=O)NC[C]1[CH][CH][CH][CH]1.[CH]1[CH][CH][CH][CH]1.[Fe+2]. The maximum atomic E-state index is 13.0. The Morgan fingerprint density at radius 2 is 1.45 bits per heavy atom. The van der Waals surface area contributed by atoms with Crippen LogP contribution in [0.3, 0.4) is 0 Å². The number of alkyl carbamates (subject to hydrolysis) is 1. The Kier molecular flexibility index (Phi) is 18.0. The molecule has 3 atom stereocenters. The van der Waals surface area contributed by atoms with Crippen LogP contribution in [0.4, 0.5) is 4.79 Å². The van der Waals surface area contributed by atoms with E-state index in [-0.39, 0.29) is 35.3 Å². The zero-order chi connectivity index (χ0) is 30.3. The molecular formula is C33H45FeN3O5+2. The maximum absolute atomic E-state index is 13.0. The first-order valence-electron chi connectivity index (χ1n) is 14.1. The van der Waals surface area contributed by atoms with Crippen LogP contribution < -0.4 is 16.0 Å². The Morgan fingerprint density at radius 1 is 0.881 bits per heavy atom. The summed E-state index contributed by atoms with van der Waals surface area (Å²) in [5, 5.41) is 19.1. The molecule has 1 aromatic carbocycles. The van der Waals surface area contributed by atoms with Gasteiger partial charge >= 0.3 is 23.2 Å². The first-order chi connectivity index (χ1) is 19.4. The third kappa shape index (κ3) is 16.5. The summed E-state index contributed by atoms with van der Waals surface area (Å²) in [6, 6.07) is 7.92. The number of nitrogens with one attached hydrogen (secondary N) is 3. The van der Waals surface area contributed by atoms with E-state index in [0.717, 1.165) is 11.5 Å². The molecule has 0 aromatic heterocycles. The van der Waals surface area contributed by atoms with Crippen molar-refractivity contribution in [1.82, 2.24) is 16.0 Å². The fourth-order valence-electron chi connectivity index (χ4n) is 4.09. The van der Waals surface area contributed by atoms with E-state index in [4.69, 9.17) is 4.74 Å². The quantitative estimate of drug-likeness (QED) is 0.265. The molecule has 10 radical (unpaired) electrons. The van der Waals surface area contributed by atoms with Gasteiger partial charge in [-0.2, -0.15) is 0 Å². The zero-order valence-electron chi connectivity index (χ0n) is 25.2. The number of ether oxygens (including phenoxy) is 1. The maximum Gasteiger partial charge on any atom is 2.00 e. The van der Waals surface area contributed by atoms with Crippen LogP contribution in [0.15, 0.2) is 30.3 Å². The van der Waals surface area contributed by atoms with Gasteiger partial charge in [0.25, 0.3) is 0 Å². The fraction of sp³-hybridized carbons (Fsp3) is 0.424. The summed E-state index contributed by atoms with van der Waals surface area (Å²) in [7, 11) is 0. The number of benzene rings is 1. The predicted octanol–water partition coefficient (Wildman–Crippen LogP) is 3.94. The van der Waals surface area contributed by atoms with Crippen LogP contribution >= 0.6 is 0 Å². The minimum Gasteiger partial charge on any atom is -0.444 e. The standard InChI is InChI=1S/C28H40N3O5.C5H5.Fe/c1-19(2)15-22(31-27(35)36-28(3,4)5)24(32)17-25(33)30-23(16-20-11-7-6-8-12-20)26(34)29-18-21-13-9-10-14-21;1-2-4-5-3-1;/h6-14,19,22-24,32H,15-18H2,1-5H3,(H,29,34)(H,30,33)(H,31,35);1-5H;/q;;+2/t22-,23-,24-;;/m0../s1. The second-order valence-electron chi connectivity index (χ2n) is 11.4. The van der Waals surface area contributed by atoms with Crippen molar-refractivity contribution < 1.29 is 41.3 Å². The summed E-state index contributed by atoms with van der Waals surface area (Å²) < 4.78 is 5.31. The Balaban J connectivity index is 0.00000132. The van der Waals surface area contributed by atoms with Crippen molar-refractivity contribution in [3.63, 3.8) is 0 Å². The average molecular weight is 620 g/mol. The van der Waals surface area contributed by atoms with Crippen LogP contribution in [0.5, 0.6) is 0 Å². The summed E-state index contributed by atoms with van der Waals surface area (Å²) in [4.78, 5) is 38.1. The van der Waals surface area contributed by atoms with Crippen LogP contribution in [-0.4, -0.2) is 53.3 Å². The molecule has 2 aliphatic rings. The van der Waals surface area contributed by atoms with E-state index in [2.05, 4.69) is 16.0 Å². The van der Waals surface area contributed by atoms with E-state index < -0.39 is 35.8 Å². The van der Waals surface area contributed by atoms with Crippen molar-refractivity contribution in [1.29, 1.82) is 0 Å². The Morgan fingerprint density at radius 3 is 1.98 bits per heavy atom. The molecule has 0 aliphatic heterocycles. The molecule has 2 aliphatic carbocycles. The number of hydrogen-bond donors (Lipinski definition) is 4. The third-order valence-electron chi connectivity index (χ3n) is 5.97. The monoisotopic (exact) mass is 619 g/mol. The first-order valence-corrected chi connectivity index (χ1v) is 14.1. The summed E-state index contributed by atoms with van der Waals surface area (Å²) >= 11 is 0. The average Bonchev–Trinajstić information content (AvgIpc) is 3.63. The molecular weight excluding hydrogens is 574 g/mol. The van der Waals surface area contributed by atoms with Gasteiger partial charge in [-0.05, 0) is 96.5 Å². The smallest absolute Gasteiger partial charge is 0.444 e. The number of carbonyl (C=O) groups excluding carboxylic acids is 3. The fourth-order valence-corrected chi connectivity index (χ4v) is 4.09. The molecule has 0 heterocycles. The number of hydrogen-bond acceptors (Lipinski definition) is 5. The van der Waals surface area contributed by atoms with Crippen molar-refractivity contribution in [2.24, 2.45) is 5.92 Å². The molecule has 0 spiro atoms. The van der Waals surface area contributed by atoms with Crippen molar-refractivity contribution in [2.45, 2.75) is 77.7 Å². The number of amides is 3. The second kappa shape index (κ2) is 20.0. The molecule has 0 saturated heterocycles. The van der Waals surface area contributed by atoms with Crippen molar-refractivity contribution >= 4 is 17.9 Å². The first kappa shape index (κ1) is 37.9. The second-order valence-corrected chi connectivity index (χ2v) is 11.4. The van der Waals surface area contributed by atoms with Gasteiger partial charge in [-0.25, -0.2) is 4.79 Å². The van der Waals surface area contributed by atoms with Crippen LogP contribution in [0.25, 0.3) is 0 Å². The van der Waals surface area contributed by atoms with Gasteiger partial charge in [-0.1, -0.05) is 44.2 Å². The summed E-state index contributed by atoms with van der Waals surface area (Å²) in [6.07, 6.45) is 16.3. The molecule has 9 heteroatoms. The molecule has 1 aromatic rings. The normalized spacial score (nSPS) is 17.2. The largest absolute Gasteiger partial charge is 2.00 e. The van der Waals surface area contributed by atoms with Crippen LogP contribution in [0.1, 0.15) is 53.0 Å². The number of aliphatic hydroxyl groups excluding tert-OH is 1. The Labute approximate surface area is 264 Å². The van der Waals surface area contributed by atoms with Gasteiger partial charge in [0.15, 0.2) is 0 Å². The van der Waals surface area contributed by atoms with Gasteiger partial charge < -0.3 is 25.8 Å². The Hall–Kier alpha value is -2.09. The van der Waals surface area contributed by atoms with E-state index >= 15 is 0 Å². The summed E-state index contributed by atoms with van der Waals surface area (Å²) in [5.41, 5.74) is 0.214. The number of carbonyl (C=O) groups is 3. The molecule has 3 amide bonds. The van der Waals surface area contributed by atoms with Crippen LogP contribution in [0, 0.1) is 69.6 Å². The molecule has 0 bridgehead atoms. The van der Waals surface area contributed by atoms with Gasteiger partial charge in [0.1, 0.15) is 11.6 Å². The van der Waals surface area contributed by atoms with Crippen LogP contribution in [-0.2, 0) is 37.8 Å². The van der Waals surface area contributed by atoms with Crippen molar-refractivity contribution in [3.8, 4) is 0 Å². The molecule has 8 nitrogen and oxygen atoms in total. The summed E-state index contributed by atoms with van der Waals surface area (Å²) in [6.45, 7) is 9.54.